The fraction of sp³-hybridized carbons (Fsp3) is 0.667. The number of nitrogens with two attached hydrogens (primary N) is 1. The van der Waals surface area contributed by atoms with Crippen LogP contribution in [0.5, 0.6) is 0 Å². The molecule has 1 aliphatic rings. The van der Waals surface area contributed by atoms with Crippen LogP contribution >= 0.6 is 11.3 Å². The van der Waals surface area contributed by atoms with Crippen LogP contribution in [-0.4, -0.2) is 25.3 Å². The summed E-state index contributed by atoms with van der Waals surface area (Å²) in [5.41, 5.74) is 6.16. The van der Waals surface area contributed by atoms with Crippen molar-refractivity contribution in [2.75, 3.05) is 12.3 Å². The molecular formula is C12H20N2O2S2. The number of hydrogen-bond donors (Lipinski definition) is 1. The molecule has 2 heterocycles. The van der Waals surface area contributed by atoms with Crippen molar-refractivity contribution in [2.45, 2.75) is 49.3 Å². The summed E-state index contributed by atoms with van der Waals surface area (Å²) in [4.78, 5) is 0. The van der Waals surface area contributed by atoms with E-state index in [-0.39, 0.29) is 6.04 Å². The van der Waals surface area contributed by atoms with E-state index in [2.05, 4.69) is 6.92 Å². The van der Waals surface area contributed by atoms with Crippen LogP contribution in [-0.2, 0) is 10.0 Å². The summed E-state index contributed by atoms with van der Waals surface area (Å²) in [6.45, 7) is 2.74. The molecule has 2 N–H and O–H groups in total. The van der Waals surface area contributed by atoms with Crippen LogP contribution < -0.4 is 5.73 Å². The quantitative estimate of drug-likeness (QED) is 0.926. The molecule has 0 bridgehead atoms. The molecule has 1 saturated heterocycles. The highest BCUT2D eigenvalue weighted by Gasteiger charge is 2.33. The van der Waals surface area contributed by atoms with Crippen molar-refractivity contribution >= 4 is 27.0 Å². The topological polar surface area (TPSA) is 63.4 Å². The summed E-state index contributed by atoms with van der Waals surface area (Å²) < 4.78 is 27.2. The average Bonchev–Trinajstić information content (AvgIpc) is 2.78. The van der Waals surface area contributed by atoms with Crippen molar-refractivity contribution in [1.82, 2.24) is 4.31 Å². The molecule has 0 amide bonds. The van der Waals surface area contributed by atoms with Gasteiger partial charge in [-0.2, -0.15) is 4.31 Å². The lowest BCUT2D eigenvalue weighted by atomic mass is 10.0. The molecule has 1 atom stereocenters. The van der Waals surface area contributed by atoms with Crippen molar-refractivity contribution in [3.63, 3.8) is 0 Å². The number of rotatable bonds is 4. The molecule has 6 heteroatoms. The standard InChI is InChI=1S/C12H20N2O2S2/c1-2-5-11-6-3-4-7-14(11)18(15,16)12-8-10(13)9-17-12/h8-9,11H,2-7,13H2,1H3. The summed E-state index contributed by atoms with van der Waals surface area (Å²) in [5, 5.41) is 1.69. The smallest absolute Gasteiger partial charge is 0.252 e. The van der Waals surface area contributed by atoms with Crippen molar-refractivity contribution in [3.05, 3.63) is 11.4 Å². The van der Waals surface area contributed by atoms with Gasteiger partial charge in [-0.05, 0) is 25.3 Å². The summed E-state index contributed by atoms with van der Waals surface area (Å²) >= 11 is 1.22. The van der Waals surface area contributed by atoms with Crippen LogP contribution in [0, 0.1) is 0 Å². The van der Waals surface area contributed by atoms with E-state index >= 15 is 0 Å². The zero-order chi connectivity index (χ0) is 13.2. The van der Waals surface area contributed by atoms with Crippen molar-refractivity contribution in [1.29, 1.82) is 0 Å². The van der Waals surface area contributed by atoms with Crippen LogP contribution in [0.25, 0.3) is 0 Å². The SMILES string of the molecule is CCCC1CCCCN1S(=O)(=O)c1cc(N)cs1. The Morgan fingerprint density at radius 2 is 2.28 bits per heavy atom. The minimum absolute atomic E-state index is 0.164. The minimum Gasteiger partial charge on any atom is -0.398 e. The molecule has 1 aromatic heterocycles. The monoisotopic (exact) mass is 288 g/mol. The Hall–Kier alpha value is -0.590. The van der Waals surface area contributed by atoms with E-state index < -0.39 is 10.0 Å². The van der Waals surface area contributed by atoms with Gasteiger partial charge >= 0.3 is 0 Å². The summed E-state index contributed by atoms with van der Waals surface area (Å²) in [5.74, 6) is 0. The first-order valence-electron chi connectivity index (χ1n) is 6.41. The Kier molecular flexibility index (Phi) is 4.29. The first-order valence-corrected chi connectivity index (χ1v) is 8.73. The summed E-state index contributed by atoms with van der Waals surface area (Å²) in [6, 6.07) is 1.73. The maximum atomic E-state index is 12.6. The van der Waals surface area contributed by atoms with Gasteiger partial charge in [0.15, 0.2) is 0 Å². The number of nitrogen functional groups attached to an aromatic ring is 1. The normalized spacial score (nSPS) is 22.2. The highest BCUT2D eigenvalue weighted by Crippen LogP contribution is 2.31. The maximum absolute atomic E-state index is 12.6. The molecule has 0 radical (unpaired) electrons. The fourth-order valence-corrected chi connectivity index (χ4v) is 5.42. The third kappa shape index (κ3) is 2.70. The molecule has 1 unspecified atom stereocenters. The van der Waals surface area contributed by atoms with Gasteiger partial charge < -0.3 is 5.73 Å². The zero-order valence-electron chi connectivity index (χ0n) is 10.6. The third-order valence-electron chi connectivity index (χ3n) is 3.35. The Bertz CT molecular complexity index is 494. The van der Waals surface area contributed by atoms with Crippen molar-refractivity contribution in [2.24, 2.45) is 0 Å². The molecular weight excluding hydrogens is 268 g/mol. The molecule has 1 aromatic rings. The molecule has 0 aromatic carbocycles. The van der Waals surface area contributed by atoms with E-state index in [1.165, 1.54) is 11.3 Å². The van der Waals surface area contributed by atoms with E-state index in [1.54, 1.807) is 15.8 Å². The summed E-state index contributed by atoms with van der Waals surface area (Å²) in [6.07, 6.45) is 5.03. The van der Waals surface area contributed by atoms with E-state index in [0.29, 0.717) is 16.4 Å². The van der Waals surface area contributed by atoms with E-state index in [4.69, 9.17) is 5.73 Å². The van der Waals surface area contributed by atoms with Gasteiger partial charge in [0.2, 0.25) is 0 Å². The maximum Gasteiger partial charge on any atom is 0.252 e. The Morgan fingerprint density at radius 3 is 2.89 bits per heavy atom. The number of hydrogen-bond acceptors (Lipinski definition) is 4. The van der Waals surface area contributed by atoms with Gasteiger partial charge in [-0.25, -0.2) is 8.42 Å². The fourth-order valence-electron chi connectivity index (χ4n) is 2.49. The van der Waals surface area contributed by atoms with Crippen LogP contribution in [0.2, 0.25) is 0 Å². The second kappa shape index (κ2) is 5.59. The number of nitrogens with zero attached hydrogens (tertiary/aromatic N) is 1. The minimum atomic E-state index is -3.34. The van der Waals surface area contributed by atoms with Gasteiger partial charge in [0, 0.05) is 23.7 Å². The van der Waals surface area contributed by atoms with Gasteiger partial charge in [0.1, 0.15) is 4.21 Å². The average molecular weight is 288 g/mol. The van der Waals surface area contributed by atoms with E-state index in [0.717, 1.165) is 32.1 Å². The molecule has 2 rings (SSSR count). The Balaban J connectivity index is 2.27. The largest absolute Gasteiger partial charge is 0.398 e. The van der Waals surface area contributed by atoms with Gasteiger partial charge in [-0.3, -0.25) is 0 Å². The first-order chi connectivity index (χ1) is 8.55. The van der Waals surface area contributed by atoms with E-state index in [1.807, 2.05) is 0 Å². The summed E-state index contributed by atoms with van der Waals surface area (Å²) in [7, 11) is -3.34. The molecule has 0 spiro atoms. The van der Waals surface area contributed by atoms with E-state index in [9.17, 15) is 8.42 Å². The second-order valence-electron chi connectivity index (χ2n) is 4.75. The predicted molar refractivity (Wildman–Crippen MR) is 75.2 cm³/mol. The number of sulfonamides is 1. The predicted octanol–water partition coefficient (Wildman–Crippen LogP) is 2.67. The molecule has 0 saturated carbocycles. The van der Waals surface area contributed by atoms with Crippen molar-refractivity contribution < 1.29 is 8.42 Å². The lowest BCUT2D eigenvalue weighted by molar-refractivity contribution is 0.240. The molecule has 4 nitrogen and oxygen atoms in total. The Morgan fingerprint density at radius 1 is 1.50 bits per heavy atom. The van der Waals surface area contributed by atoms with Gasteiger partial charge in [-0.15, -0.1) is 11.3 Å². The van der Waals surface area contributed by atoms with Crippen LogP contribution in [0.1, 0.15) is 39.0 Å². The first kappa shape index (κ1) is 13.8. The lowest BCUT2D eigenvalue weighted by Gasteiger charge is -2.34. The van der Waals surface area contributed by atoms with Crippen LogP contribution in [0.15, 0.2) is 15.7 Å². The Labute approximate surface area is 113 Å². The van der Waals surface area contributed by atoms with Crippen LogP contribution in [0.4, 0.5) is 5.69 Å². The molecule has 0 aliphatic carbocycles. The van der Waals surface area contributed by atoms with Crippen LogP contribution in [0.3, 0.4) is 0 Å². The second-order valence-corrected chi connectivity index (χ2v) is 7.78. The number of piperidine rings is 1. The highest BCUT2D eigenvalue weighted by atomic mass is 32.2. The zero-order valence-corrected chi connectivity index (χ0v) is 12.3. The lowest BCUT2D eigenvalue weighted by Crippen LogP contribution is -2.43. The molecule has 1 fully saturated rings. The third-order valence-corrected chi connectivity index (χ3v) is 6.74. The molecule has 102 valence electrons. The number of anilines is 1. The highest BCUT2D eigenvalue weighted by molar-refractivity contribution is 7.91. The van der Waals surface area contributed by atoms with Gasteiger partial charge in [0.05, 0.1) is 0 Å². The van der Waals surface area contributed by atoms with Crippen molar-refractivity contribution in [3.8, 4) is 0 Å². The van der Waals surface area contributed by atoms with Gasteiger partial charge in [-0.1, -0.05) is 19.8 Å². The number of thiophene rings is 1. The van der Waals surface area contributed by atoms with Gasteiger partial charge in [0.25, 0.3) is 10.0 Å². The molecule has 1 aliphatic heterocycles. The molecule has 18 heavy (non-hydrogen) atoms.